The molecule has 1 aliphatic heterocycles. The maximum Gasteiger partial charge on any atom is 0.267 e. The molecular formula is C15H20N4O. The zero-order valence-corrected chi connectivity index (χ0v) is 12.0. The number of hydrogen-bond acceptors (Lipinski definition) is 2. The number of rotatable bonds is 3. The molecule has 1 unspecified atom stereocenters. The van der Waals surface area contributed by atoms with Crippen molar-refractivity contribution in [2.24, 2.45) is 13.0 Å². The first-order valence-corrected chi connectivity index (χ1v) is 7.05. The molecule has 0 aromatic carbocycles. The van der Waals surface area contributed by atoms with Crippen molar-refractivity contribution in [2.45, 2.75) is 26.3 Å². The Morgan fingerprint density at radius 1 is 1.50 bits per heavy atom. The summed E-state index contributed by atoms with van der Waals surface area (Å²) in [7, 11) is 1.92. The van der Waals surface area contributed by atoms with Crippen LogP contribution in [0, 0.1) is 12.8 Å². The lowest BCUT2D eigenvalue weighted by molar-refractivity contribution is 0.0935. The van der Waals surface area contributed by atoms with E-state index >= 15 is 0 Å². The predicted molar refractivity (Wildman–Crippen MR) is 76.5 cm³/mol. The Hall–Kier alpha value is -2.04. The van der Waals surface area contributed by atoms with Gasteiger partial charge >= 0.3 is 0 Å². The largest absolute Gasteiger partial charge is 0.350 e. The molecule has 1 atom stereocenters. The molecule has 0 bridgehead atoms. The van der Waals surface area contributed by atoms with Crippen molar-refractivity contribution in [1.82, 2.24) is 19.4 Å². The molecule has 0 radical (unpaired) electrons. The van der Waals surface area contributed by atoms with E-state index in [1.807, 2.05) is 43.1 Å². The first-order chi connectivity index (χ1) is 9.65. The molecular weight excluding hydrogens is 252 g/mol. The first kappa shape index (κ1) is 13.0. The maximum atomic E-state index is 12.2. The van der Waals surface area contributed by atoms with Crippen LogP contribution in [0.1, 0.15) is 28.4 Å². The maximum absolute atomic E-state index is 12.2. The van der Waals surface area contributed by atoms with Crippen LogP contribution in [0.4, 0.5) is 0 Å². The van der Waals surface area contributed by atoms with E-state index in [9.17, 15) is 4.79 Å². The molecule has 3 rings (SSSR count). The third-order valence-corrected chi connectivity index (χ3v) is 4.19. The van der Waals surface area contributed by atoms with Crippen molar-refractivity contribution in [2.75, 3.05) is 6.54 Å². The number of fused-ring (bicyclic) bond motifs is 1. The highest BCUT2D eigenvalue weighted by molar-refractivity contribution is 5.92. The number of aromatic nitrogens is 3. The minimum Gasteiger partial charge on any atom is -0.350 e. The number of nitrogens with one attached hydrogen (secondary N) is 1. The number of aryl methyl sites for hydroxylation is 2. The molecule has 0 spiro atoms. The van der Waals surface area contributed by atoms with Gasteiger partial charge in [0.2, 0.25) is 0 Å². The van der Waals surface area contributed by atoms with Gasteiger partial charge in [-0.05, 0) is 31.4 Å². The van der Waals surface area contributed by atoms with Gasteiger partial charge in [-0.15, -0.1) is 0 Å². The summed E-state index contributed by atoms with van der Waals surface area (Å²) < 4.78 is 4.11. The summed E-state index contributed by atoms with van der Waals surface area (Å²) in [6.45, 7) is 3.67. The van der Waals surface area contributed by atoms with E-state index in [1.165, 1.54) is 0 Å². The fraction of sp³-hybridized carbons (Fsp3) is 0.467. The summed E-state index contributed by atoms with van der Waals surface area (Å²) in [6, 6.07) is 3.84. The third kappa shape index (κ3) is 2.35. The fourth-order valence-electron chi connectivity index (χ4n) is 2.77. The van der Waals surface area contributed by atoms with Crippen LogP contribution in [-0.4, -0.2) is 26.6 Å². The van der Waals surface area contributed by atoms with Gasteiger partial charge in [0, 0.05) is 44.6 Å². The molecule has 20 heavy (non-hydrogen) atoms. The fourth-order valence-corrected chi connectivity index (χ4v) is 2.77. The van der Waals surface area contributed by atoms with Gasteiger partial charge in [-0.3, -0.25) is 4.79 Å². The molecule has 1 amide bonds. The normalized spacial score (nSPS) is 17.8. The summed E-state index contributed by atoms with van der Waals surface area (Å²) in [6.07, 6.45) is 5.95. The second-order valence-corrected chi connectivity index (χ2v) is 5.53. The van der Waals surface area contributed by atoms with Gasteiger partial charge in [-0.1, -0.05) is 0 Å². The number of imidazole rings is 1. The standard InChI is InChI=1S/C15H20N4O/c1-11-3-5-13(18(11)2)15(20)17-9-12-4-6-14-16-7-8-19(14)10-12/h3,5,7-8,12H,4,6,9-10H2,1-2H3,(H,17,20). The summed E-state index contributed by atoms with van der Waals surface area (Å²) in [5.74, 6) is 1.66. The number of carbonyl (C=O) groups excluding carboxylic acids is 1. The van der Waals surface area contributed by atoms with Crippen molar-refractivity contribution < 1.29 is 4.79 Å². The molecule has 2 aromatic heterocycles. The van der Waals surface area contributed by atoms with Gasteiger partial charge in [0.15, 0.2) is 0 Å². The van der Waals surface area contributed by atoms with E-state index < -0.39 is 0 Å². The first-order valence-electron chi connectivity index (χ1n) is 7.05. The van der Waals surface area contributed by atoms with E-state index in [2.05, 4.69) is 14.9 Å². The van der Waals surface area contributed by atoms with Crippen molar-refractivity contribution in [3.63, 3.8) is 0 Å². The van der Waals surface area contributed by atoms with Crippen molar-refractivity contribution in [3.05, 3.63) is 41.7 Å². The molecule has 2 aromatic rings. The van der Waals surface area contributed by atoms with Gasteiger partial charge in [-0.25, -0.2) is 4.98 Å². The Bertz CT molecular complexity index is 626. The molecule has 0 saturated heterocycles. The molecule has 0 fully saturated rings. The van der Waals surface area contributed by atoms with Gasteiger partial charge in [-0.2, -0.15) is 0 Å². The van der Waals surface area contributed by atoms with Crippen LogP contribution in [0.15, 0.2) is 24.5 Å². The number of nitrogens with zero attached hydrogens (tertiary/aromatic N) is 3. The zero-order chi connectivity index (χ0) is 14.1. The van der Waals surface area contributed by atoms with Crippen LogP contribution in [0.3, 0.4) is 0 Å². The highest BCUT2D eigenvalue weighted by atomic mass is 16.1. The number of amides is 1. The van der Waals surface area contributed by atoms with E-state index in [1.54, 1.807) is 0 Å². The quantitative estimate of drug-likeness (QED) is 0.921. The summed E-state index contributed by atoms with van der Waals surface area (Å²) in [5.41, 5.74) is 1.82. The highest BCUT2D eigenvalue weighted by Gasteiger charge is 2.20. The average Bonchev–Trinajstić information content (AvgIpc) is 3.03. The molecule has 5 heteroatoms. The van der Waals surface area contributed by atoms with Gasteiger partial charge < -0.3 is 14.5 Å². The smallest absolute Gasteiger partial charge is 0.267 e. The Morgan fingerprint density at radius 2 is 2.35 bits per heavy atom. The van der Waals surface area contributed by atoms with E-state index in [0.717, 1.165) is 43.1 Å². The average molecular weight is 272 g/mol. The van der Waals surface area contributed by atoms with E-state index in [0.29, 0.717) is 5.92 Å². The lowest BCUT2D eigenvalue weighted by Crippen LogP contribution is -2.34. The zero-order valence-electron chi connectivity index (χ0n) is 12.0. The van der Waals surface area contributed by atoms with Crippen molar-refractivity contribution in [1.29, 1.82) is 0 Å². The van der Waals surface area contributed by atoms with Crippen LogP contribution in [0.2, 0.25) is 0 Å². The van der Waals surface area contributed by atoms with Crippen LogP contribution >= 0.6 is 0 Å². The molecule has 3 heterocycles. The molecule has 0 saturated carbocycles. The Balaban J connectivity index is 1.58. The van der Waals surface area contributed by atoms with Crippen LogP contribution in [-0.2, 0) is 20.0 Å². The lowest BCUT2D eigenvalue weighted by atomic mass is 9.99. The topological polar surface area (TPSA) is 51.9 Å². The summed E-state index contributed by atoms with van der Waals surface area (Å²) in [4.78, 5) is 16.5. The highest BCUT2D eigenvalue weighted by Crippen LogP contribution is 2.18. The second-order valence-electron chi connectivity index (χ2n) is 5.53. The SMILES string of the molecule is Cc1ccc(C(=O)NCC2CCc3nccn3C2)n1C. The molecule has 106 valence electrons. The predicted octanol–water partition coefficient (Wildman–Crippen LogP) is 1.52. The van der Waals surface area contributed by atoms with Crippen LogP contribution < -0.4 is 5.32 Å². The van der Waals surface area contributed by atoms with E-state index in [-0.39, 0.29) is 5.91 Å². The third-order valence-electron chi connectivity index (χ3n) is 4.19. The van der Waals surface area contributed by atoms with Crippen molar-refractivity contribution >= 4 is 5.91 Å². The number of carbonyl (C=O) groups is 1. The minimum absolute atomic E-state index is 0.0111. The van der Waals surface area contributed by atoms with Gasteiger partial charge in [0.1, 0.15) is 11.5 Å². The van der Waals surface area contributed by atoms with E-state index in [4.69, 9.17) is 0 Å². The van der Waals surface area contributed by atoms with Gasteiger partial charge in [0.05, 0.1) is 0 Å². The molecule has 5 nitrogen and oxygen atoms in total. The Kier molecular flexibility index (Phi) is 3.34. The molecule has 0 aliphatic carbocycles. The monoisotopic (exact) mass is 272 g/mol. The Labute approximate surface area is 118 Å². The van der Waals surface area contributed by atoms with Crippen LogP contribution in [0.5, 0.6) is 0 Å². The lowest BCUT2D eigenvalue weighted by Gasteiger charge is -2.24. The number of hydrogen-bond donors (Lipinski definition) is 1. The Morgan fingerprint density at radius 3 is 3.10 bits per heavy atom. The molecule has 1 N–H and O–H groups in total. The molecule has 1 aliphatic rings. The van der Waals surface area contributed by atoms with Crippen molar-refractivity contribution in [3.8, 4) is 0 Å². The second kappa shape index (κ2) is 5.15. The van der Waals surface area contributed by atoms with Gasteiger partial charge in [0.25, 0.3) is 5.91 Å². The minimum atomic E-state index is 0.0111. The van der Waals surface area contributed by atoms with Crippen LogP contribution in [0.25, 0.3) is 0 Å². The summed E-state index contributed by atoms with van der Waals surface area (Å²) >= 11 is 0. The summed E-state index contributed by atoms with van der Waals surface area (Å²) in [5, 5.41) is 3.05.